The molecule has 1 saturated heterocycles. The van der Waals surface area contributed by atoms with Crippen LogP contribution in [0.15, 0.2) is 85.0 Å². The minimum absolute atomic E-state index is 0.0260. The van der Waals surface area contributed by atoms with Crippen molar-refractivity contribution in [2.75, 3.05) is 47.4 Å². The molecule has 2 unspecified atom stereocenters. The summed E-state index contributed by atoms with van der Waals surface area (Å²) in [5.41, 5.74) is 4.23. The maximum Gasteiger partial charge on any atom is 0.292 e. The number of ether oxygens (including phenoxy) is 1. The number of hydrogen-bond acceptors (Lipinski definition) is 8. The smallest absolute Gasteiger partial charge is 0.292 e. The van der Waals surface area contributed by atoms with Gasteiger partial charge in [-0.2, -0.15) is 0 Å². The largest absolute Gasteiger partial charge is 0.471 e. The summed E-state index contributed by atoms with van der Waals surface area (Å²) < 4.78 is 3.86. The fourth-order valence-corrected chi connectivity index (χ4v) is 5.63. The van der Waals surface area contributed by atoms with Gasteiger partial charge in [-0.05, 0) is 101 Å². The molecule has 11 heteroatoms. The van der Waals surface area contributed by atoms with Crippen molar-refractivity contribution in [2.45, 2.75) is 120 Å². The molecule has 1 fully saturated rings. The summed E-state index contributed by atoms with van der Waals surface area (Å²) >= 11 is 0. The predicted molar refractivity (Wildman–Crippen MR) is 254 cm³/mol. The molecule has 1 aliphatic heterocycles. The summed E-state index contributed by atoms with van der Waals surface area (Å²) in [6.45, 7) is 31.9. The number of nitrogens with one attached hydrogen (secondary N) is 4. The third-order valence-electron chi connectivity index (χ3n) is 8.55. The first kappa shape index (κ1) is 62.0. The van der Waals surface area contributed by atoms with Crippen molar-refractivity contribution in [3.05, 3.63) is 96.2 Å². The van der Waals surface area contributed by atoms with Gasteiger partial charge in [0.15, 0.2) is 0 Å². The van der Waals surface area contributed by atoms with E-state index in [2.05, 4.69) is 84.2 Å². The summed E-state index contributed by atoms with van der Waals surface area (Å²) in [5, 5.41) is 11.5. The molecule has 60 heavy (non-hydrogen) atoms. The molecule has 3 amide bonds. The van der Waals surface area contributed by atoms with E-state index < -0.39 is 0 Å². The van der Waals surface area contributed by atoms with Crippen molar-refractivity contribution >= 4 is 30.5 Å². The molecule has 1 heterocycles. The number of carbonyl (C=O) groups is 5. The van der Waals surface area contributed by atoms with E-state index in [0.29, 0.717) is 25.1 Å². The highest BCUT2D eigenvalue weighted by Crippen LogP contribution is 2.31. The number of rotatable bonds is 16. The fraction of sp³-hybridized carbons (Fsp3) is 0.571. The van der Waals surface area contributed by atoms with Gasteiger partial charge in [-0.25, -0.2) is 0 Å². The van der Waals surface area contributed by atoms with Gasteiger partial charge < -0.3 is 35.7 Å². The highest BCUT2D eigenvalue weighted by molar-refractivity contribution is 5.95. The van der Waals surface area contributed by atoms with Crippen molar-refractivity contribution in [1.29, 1.82) is 0 Å². The number of allylic oxidation sites excluding steroid dienone is 4. The lowest BCUT2D eigenvalue weighted by Gasteiger charge is -2.30. The lowest BCUT2D eigenvalue weighted by molar-refractivity contribution is -0.138. The normalized spacial score (nSPS) is 15.6. The average Bonchev–Trinajstić information content (AvgIpc) is 3.87. The molecule has 1 aliphatic carbocycles. The van der Waals surface area contributed by atoms with Gasteiger partial charge in [0.05, 0.1) is 25.7 Å². The summed E-state index contributed by atoms with van der Waals surface area (Å²) in [4.78, 5) is 58.2. The second kappa shape index (κ2) is 42.5. The Hall–Kier alpha value is -4.61. The number of amides is 3. The van der Waals surface area contributed by atoms with Gasteiger partial charge in [0.1, 0.15) is 6.29 Å². The Kier molecular flexibility index (Phi) is 44.0. The minimum Gasteiger partial charge on any atom is -0.471 e. The number of likely N-dealkylation sites (N-methyl/N-ethyl adjacent to an activating group) is 1. The van der Waals surface area contributed by atoms with Crippen LogP contribution in [0.4, 0.5) is 0 Å². The maximum absolute atomic E-state index is 12.9. The molecule has 0 saturated carbocycles. The highest BCUT2D eigenvalue weighted by Gasteiger charge is 2.40. The standard InChI is InChI=1S/C18H24N2O2.C16H24N2O2.C5H11N.C4H10.C2H4O2.2C2H6/c1-12-7-8-20(16(12)11-21)18(22)17(19-2)15-9-13-5-3-4-6-14(13)10-15;1-5-8-10-14(7-3)11-17-15(19)12-18-16(20)13(4)9-6-2;1-3-4-5-6-2;1-4(2)3;1-4-2-3;2*1-2/h3-6,11-12,15-17,19H,7-10H2,1-2H3;5,7-10H,3,6,11-12H2,1-2,4H3,(H,17,19)(H,18,20);3,6H,1,4-5H2,2H3;4H,1-3H3;2H,1H3;2*1-2H3/b;8-5-,13-9+,14-10+;;;;;/t12-,16?,17?;;;;;;/m0....../s1. The molecule has 342 valence electrons. The number of likely N-dealkylation sites (tertiary alicyclic amines) is 1. The van der Waals surface area contributed by atoms with Crippen molar-refractivity contribution in [1.82, 2.24) is 26.2 Å². The number of nitrogens with zero attached hydrogens (tertiary/aromatic N) is 1. The first-order valence-electron chi connectivity index (χ1n) is 21.6. The second-order valence-electron chi connectivity index (χ2n) is 14.1. The number of methoxy groups -OCH3 is 1. The van der Waals surface area contributed by atoms with Crippen LogP contribution in [0.2, 0.25) is 0 Å². The van der Waals surface area contributed by atoms with Gasteiger partial charge in [-0.1, -0.05) is 130 Å². The van der Waals surface area contributed by atoms with Gasteiger partial charge in [-0.3, -0.25) is 19.2 Å². The van der Waals surface area contributed by atoms with E-state index in [1.165, 1.54) is 18.2 Å². The molecule has 0 bridgehead atoms. The van der Waals surface area contributed by atoms with Crippen LogP contribution in [-0.4, -0.2) is 94.8 Å². The first-order chi connectivity index (χ1) is 28.8. The van der Waals surface area contributed by atoms with Crippen LogP contribution in [-0.2, 0) is 41.6 Å². The van der Waals surface area contributed by atoms with E-state index in [1.54, 1.807) is 17.9 Å². The van der Waals surface area contributed by atoms with Crippen molar-refractivity contribution < 1.29 is 28.7 Å². The molecule has 1 aromatic carbocycles. The molecule has 0 spiro atoms. The van der Waals surface area contributed by atoms with Crippen LogP contribution >= 0.6 is 0 Å². The van der Waals surface area contributed by atoms with Crippen molar-refractivity contribution in [2.24, 2.45) is 17.8 Å². The van der Waals surface area contributed by atoms with Crippen LogP contribution in [0.25, 0.3) is 0 Å². The molecule has 11 nitrogen and oxygen atoms in total. The van der Waals surface area contributed by atoms with Crippen LogP contribution in [0, 0.1) is 17.8 Å². The lowest BCUT2D eigenvalue weighted by Crippen LogP contribution is -2.52. The zero-order valence-corrected chi connectivity index (χ0v) is 40.0. The lowest BCUT2D eigenvalue weighted by atomic mass is 9.95. The molecule has 2 aliphatic rings. The van der Waals surface area contributed by atoms with Crippen molar-refractivity contribution in [3.63, 3.8) is 0 Å². The Balaban J connectivity index is -0.000000375. The number of fused-ring (bicyclic) bond motifs is 1. The second-order valence-corrected chi connectivity index (χ2v) is 14.1. The van der Waals surface area contributed by atoms with Crippen molar-refractivity contribution in [3.8, 4) is 0 Å². The molecular weight excluding hydrogens is 755 g/mol. The topological polar surface area (TPSA) is 146 Å². The summed E-state index contributed by atoms with van der Waals surface area (Å²) in [6, 6.07) is 7.95. The third-order valence-corrected chi connectivity index (χ3v) is 8.55. The van der Waals surface area contributed by atoms with Gasteiger partial charge in [-0.15, -0.1) is 6.58 Å². The van der Waals surface area contributed by atoms with Crippen LogP contribution in [0.5, 0.6) is 0 Å². The van der Waals surface area contributed by atoms with E-state index >= 15 is 0 Å². The van der Waals surface area contributed by atoms with Gasteiger partial charge in [0.25, 0.3) is 6.47 Å². The number of hydrogen-bond donors (Lipinski definition) is 4. The SMILES string of the molecule is C=C/C(=C\C=C/C)CNC(=O)CNC(=O)/C(C)=C/CC.C=CCCNC.CC.CC.CC(C)C.CNC(C(=O)N1CC[C@H](C)C1C=O)C1Cc2ccccc2C1.COC=O. The predicted octanol–water partition coefficient (Wildman–Crippen LogP) is 7.97. The van der Waals surface area contributed by atoms with E-state index in [1.807, 2.05) is 92.9 Å². The summed E-state index contributed by atoms with van der Waals surface area (Å²) in [5.74, 6) is 1.02. The molecule has 3 rings (SSSR count). The average molecular weight is 840 g/mol. The zero-order valence-electron chi connectivity index (χ0n) is 40.0. The Morgan fingerprint density at radius 1 is 0.967 bits per heavy atom. The van der Waals surface area contributed by atoms with E-state index in [-0.39, 0.29) is 48.2 Å². The Bertz CT molecular complexity index is 1380. The van der Waals surface area contributed by atoms with E-state index in [4.69, 9.17) is 4.79 Å². The number of benzene rings is 1. The molecule has 4 N–H and O–H groups in total. The zero-order chi connectivity index (χ0) is 46.9. The van der Waals surface area contributed by atoms with Crippen LogP contribution in [0.1, 0.15) is 107 Å². The summed E-state index contributed by atoms with van der Waals surface area (Å²) in [6.07, 6.45) is 16.6. The van der Waals surface area contributed by atoms with Crippen LogP contribution < -0.4 is 21.3 Å². The van der Waals surface area contributed by atoms with E-state index in [9.17, 15) is 19.2 Å². The minimum atomic E-state index is -0.257. The first-order valence-corrected chi connectivity index (χ1v) is 21.6. The quantitative estimate of drug-likeness (QED) is 0.0431. The molecular formula is C49H85N5O6. The van der Waals surface area contributed by atoms with Gasteiger partial charge >= 0.3 is 0 Å². The molecule has 3 atom stereocenters. The number of carbonyl (C=O) groups excluding carboxylic acids is 5. The molecule has 0 aromatic heterocycles. The van der Waals surface area contributed by atoms with Gasteiger partial charge in [0, 0.05) is 18.7 Å². The Labute approximate surface area is 366 Å². The maximum atomic E-state index is 12.9. The third kappa shape index (κ3) is 29.6. The fourth-order valence-electron chi connectivity index (χ4n) is 5.63. The Morgan fingerprint density at radius 3 is 1.92 bits per heavy atom. The molecule has 1 aromatic rings. The Morgan fingerprint density at radius 2 is 1.52 bits per heavy atom. The van der Waals surface area contributed by atoms with E-state index in [0.717, 1.165) is 56.4 Å². The van der Waals surface area contributed by atoms with Crippen LogP contribution in [0.3, 0.4) is 0 Å². The number of aldehydes is 1. The monoisotopic (exact) mass is 840 g/mol. The molecule has 0 radical (unpaired) electrons. The highest BCUT2D eigenvalue weighted by atomic mass is 16.5. The van der Waals surface area contributed by atoms with Gasteiger partial charge in [0.2, 0.25) is 17.7 Å². The summed E-state index contributed by atoms with van der Waals surface area (Å²) in [7, 11) is 5.09.